The molecule has 1 aromatic carbocycles. The number of hydrogen-bond donors (Lipinski definition) is 0. The minimum Gasteiger partial charge on any atom is -0.458 e. The van der Waals surface area contributed by atoms with Gasteiger partial charge in [0.25, 0.3) is 0 Å². The van der Waals surface area contributed by atoms with Crippen LogP contribution in [0.15, 0.2) is 48.8 Å². The normalized spacial score (nSPS) is 10.3. The summed E-state index contributed by atoms with van der Waals surface area (Å²) in [6.45, 7) is 7.73. The minimum absolute atomic E-state index is 0.659. The van der Waals surface area contributed by atoms with Gasteiger partial charge in [-0.25, -0.2) is 0 Å². The van der Waals surface area contributed by atoms with Crippen LogP contribution in [0.3, 0.4) is 0 Å². The molecule has 0 spiro atoms. The van der Waals surface area contributed by atoms with E-state index >= 15 is 0 Å². The molecule has 0 amide bonds. The standard InChI is InChI=1S/C12H14O/c1-4-5-11(3)13-12-8-6-10(2)7-9-12/h4-9H,3H2,1-2H3/b5-4-. The van der Waals surface area contributed by atoms with Gasteiger partial charge in [-0.2, -0.15) is 0 Å². The lowest BCUT2D eigenvalue weighted by atomic mass is 10.2. The first-order valence-electron chi connectivity index (χ1n) is 4.28. The monoisotopic (exact) mass is 174 g/mol. The molecule has 0 aliphatic carbocycles. The van der Waals surface area contributed by atoms with Crippen molar-refractivity contribution in [2.45, 2.75) is 13.8 Å². The Hall–Kier alpha value is -1.50. The van der Waals surface area contributed by atoms with Crippen molar-refractivity contribution in [3.8, 4) is 5.75 Å². The van der Waals surface area contributed by atoms with Gasteiger partial charge in [0.2, 0.25) is 0 Å². The molecule has 0 atom stereocenters. The van der Waals surface area contributed by atoms with E-state index in [-0.39, 0.29) is 0 Å². The predicted molar refractivity (Wildman–Crippen MR) is 55.8 cm³/mol. The number of benzene rings is 1. The Bertz CT molecular complexity index is 306. The largest absolute Gasteiger partial charge is 0.458 e. The molecule has 0 heterocycles. The summed E-state index contributed by atoms with van der Waals surface area (Å²) < 4.78 is 5.43. The van der Waals surface area contributed by atoms with Crippen LogP contribution >= 0.6 is 0 Å². The summed E-state index contributed by atoms with van der Waals surface area (Å²) >= 11 is 0. The number of rotatable bonds is 3. The summed E-state index contributed by atoms with van der Waals surface area (Å²) in [7, 11) is 0. The van der Waals surface area contributed by atoms with Crippen LogP contribution in [0.1, 0.15) is 12.5 Å². The van der Waals surface area contributed by atoms with Crippen LogP contribution in [0.5, 0.6) is 5.75 Å². The van der Waals surface area contributed by atoms with E-state index in [1.165, 1.54) is 5.56 Å². The number of allylic oxidation sites excluding steroid dienone is 2. The van der Waals surface area contributed by atoms with Gasteiger partial charge in [0, 0.05) is 0 Å². The summed E-state index contributed by atoms with van der Waals surface area (Å²) in [5.41, 5.74) is 1.23. The minimum atomic E-state index is 0.659. The summed E-state index contributed by atoms with van der Waals surface area (Å²) in [4.78, 5) is 0. The van der Waals surface area contributed by atoms with Crippen molar-refractivity contribution in [2.75, 3.05) is 0 Å². The Labute approximate surface area is 79.4 Å². The van der Waals surface area contributed by atoms with Crippen molar-refractivity contribution < 1.29 is 4.74 Å². The molecule has 1 aromatic rings. The molecular formula is C12H14O. The van der Waals surface area contributed by atoms with Gasteiger partial charge >= 0.3 is 0 Å². The molecule has 1 rings (SSSR count). The fourth-order valence-electron chi connectivity index (χ4n) is 0.978. The molecule has 0 N–H and O–H groups in total. The van der Waals surface area contributed by atoms with E-state index in [9.17, 15) is 0 Å². The van der Waals surface area contributed by atoms with Crippen molar-refractivity contribution in [1.82, 2.24) is 0 Å². The van der Waals surface area contributed by atoms with Crippen LogP contribution in [0.4, 0.5) is 0 Å². The zero-order valence-electron chi connectivity index (χ0n) is 8.08. The van der Waals surface area contributed by atoms with Crippen molar-refractivity contribution in [3.63, 3.8) is 0 Å². The third-order valence-electron chi connectivity index (χ3n) is 1.62. The molecule has 0 aromatic heterocycles. The second-order valence-electron chi connectivity index (χ2n) is 2.88. The number of ether oxygens (including phenoxy) is 1. The molecule has 1 nitrogen and oxygen atoms in total. The highest BCUT2D eigenvalue weighted by Gasteiger charge is 1.93. The zero-order chi connectivity index (χ0) is 9.68. The smallest absolute Gasteiger partial charge is 0.127 e. The Morgan fingerprint density at radius 1 is 1.31 bits per heavy atom. The maximum absolute atomic E-state index is 5.43. The number of hydrogen-bond acceptors (Lipinski definition) is 1. The first-order valence-corrected chi connectivity index (χ1v) is 4.28. The van der Waals surface area contributed by atoms with Gasteiger partial charge in [-0.05, 0) is 32.1 Å². The average molecular weight is 174 g/mol. The lowest BCUT2D eigenvalue weighted by Crippen LogP contribution is -1.89. The fraction of sp³-hybridized carbons (Fsp3) is 0.167. The predicted octanol–water partition coefficient (Wildman–Crippen LogP) is 3.46. The first-order chi connectivity index (χ1) is 6.22. The van der Waals surface area contributed by atoms with E-state index < -0.39 is 0 Å². The SMILES string of the molecule is C=C(/C=C\C)Oc1ccc(C)cc1. The molecule has 0 aliphatic heterocycles. The zero-order valence-corrected chi connectivity index (χ0v) is 8.08. The third kappa shape index (κ3) is 3.16. The Kier molecular flexibility index (Phi) is 3.32. The molecular weight excluding hydrogens is 160 g/mol. The molecule has 0 unspecified atom stereocenters. The first kappa shape index (κ1) is 9.59. The van der Waals surface area contributed by atoms with E-state index in [1.54, 1.807) is 0 Å². The average Bonchev–Trinajstić information content (AvgIpc) is 2.09. The highest BCUT2D eigenvalue weighted by Crippen LogP contribution is 2.14. The summed E-state index contributed by atoms with van der Waals surface area (Å²) in [6, 6.07) is 7.89. The van der Waals surface area contributed by atoms with Crippen LogP contribution in [0, 0.1) is 6.92 Å². The second kappa shape index (κ2) is 4.51. The molecule has 0 saturated carbocycles. The summed E-state index contributed by atoms with van der Waals surface area (Å²) in [5, 5.41) is 0. The Morgan fingerprint density at radius 2 is 1.92 bits per heavy atom. The molecule has 0 bridgehead atoms. The molecule has 0 radical (unpaired) electrons. The van der Waals surface area contributed by atoms with Crippen LogP contribution < -0.4 is 4.74 Å². The summed E-state index contributed by atoms with van der Waals surface area (Å²) in [6.07, 6.45) is 3.73. The highest BCUT2D eigenvalue weighted by atomic mass is 16.5. The number of aryl methyl sites for hydroxylation is 1. The van der Waals surface area contributed by atoms with Gasteiger partial charge in [-0.15, -0.1) is 0 Å². The highest BCUT2D eigenvalue weighted by molar-refractivity contribution is 5.28. The van der Waals surface area contributed by atoms with Crippen LogP contribution in [-0.4, -0.2) is 0 Å². The molecule has 0 saturated heterocycles. The van der Waals surface area contributed by atoms with Crippen LogP contribution in [0.25, 0.3) is 0 Å². The molecule has 13 heavy (non-hydrogen) atoms. The maximum Gasteiger partial charge on any atom is 0.127 e. The van der Waals surface area contributed by atoms with E-state index in [0.717, 1.165) is 5.75 Å². The van der Waals surface area contributed by atoms with Gasteiger partial charge in [0.15, 0.2) is 0 Å². The van der Waals surface area contributed by atoms with Crippen LogP contribution in [0.2, 0.25) is 0 Å². The van der Waals surface area contributed by atoms with Gasteiger partial charge in [-0.1, -0.05) is 30.4 Å². The lowest BCUT2D eigenvalue weighted by molar-refractivity contribution is 0.447. The molecule has 0 aliphatic rings. The Balaban J connectivity index is 2.64. The quantitative estimate of drug-likeness (QED) is 0.503. The Morgan fingerprint density at radius 3 is 2.46 bits per heavy atom. The second-order valence-corrected chi connectivity index (χ2v) is 2.88. The molecule has 68 valence electrons. The van der Waals surface area contributed by atoms with Crippen LogP contribution in [-0.2, 0) is 0 Å². The van der Waals surface area contributed by atoms with E-state index in [0.29, 0.717) is 5.76 Å². The van der Waals surface area contributed by atoms with E-state index in [4.69, 9.17) is 4.74 Å². The van der Waals surface area contributed by atoms with Crippen molar-refractivity contribution in [2.24, 2.45) is 0 Å². The van der Waals surface area contributed by atoms with Gasteiger partial charge in [0.05, 0.1) is 0 Å². The van der Waals surface area contributed by atoms with Gasteiger partial charge in [-0.3, -0.25) is 0 Å². The van der Waals surface area contributed by atoms with E-state index in [1.807, 2.05) is 50.3 Å². The lowest BCUT2D eigenvalue weighted by Gasteiger charge is -2.04. The van der Waals surface area contributed by atoms with E-state index in [2.05, 4.69) is 6.58 Å². The topological polar surface area (TPSA) is 9.23 Å². The molecule has 0 fully saturated rings. The van der Waals surface area contributed by atoms with Gasteiger partial charge < -0.3 is 4.74 Å². The maximum atomic E-state index is 5.43. The third-order valence-corrected chi connectivity index (χ3v) is 1.62. The molecule has 1 heteroatoms. The van der Waals surface area contributed by atoms with Crippen molar-refractivity contribution in [3.05, 3.63) is 54.3 Å². The fourth-order valence-corrected chi connectivity index (χ4v) is 0.978. The van der Waals surface area contributed by atoms with Gasteiger partial charge in [0.1, 0.15) is 11.5 Å². The van der Waals surface area contributed by atoms with Crippen molar-refractivity contribution >= 4 is 0 Å². The van der Waals surface area contributed by atoms with Crippen molar-refractivity contribution in [1.29, 1.82) is 0 Å². The summed E-state index contributed by atoms with van der Waals surface area (Å²) in [5.74, 6) is 1.49.